The number of nitro benzene ring substituents is 1. The van der Waals surface area contributed by atoms with Gasteiger partial charge in [0.25, 0.3) is 11.6 Å². The van der Waals surface area contributed by atoms with Crippen molar-refractivity contribution in [2.45, 2.75) is 6.92 Å². The van der Waals surface area contributed by atoms with Crippen LogP contribution in [-0.2, 0) is 0 Å². The van der Waals surface area contributed by atoms with Crippen molar-refractivity contribution in [2.75, 3.05) is 5.32 Å². The second kappa shape index (κ2) is 5.40. The highest BCUT2D eigenvalue weighted by Gasteiger charge is 2.12. The van der Waals surface area contributed by atoms with Crippen molar-refractivity contribution >= 4 is 17.3 Å². The van der Waals surface area contributed by atoms with E-state index in [1.54, 1.807) is 12.1 Å². The summed E-state index contributed by atoms with van der Waals surface area (Å²) in [5, 5.41) is 22.7. The van der Waals surface area contributed by atoms with E-state index < -0.39 is 10.8 Å². The molecule has 0 unspecified atom stereocenters. The average Bonchev–Trinajstić information content (AvgIpc) is 2.42. The number of carbonyl (C=O) groups is 1. The maximum Gasteiger partial charge on any atom is 0.269 e. The fourth-order valence-corrected chi connectivity index (χ4v) is 1.70. The molecule has 2 aromatic rings. The summed E-state index contributed by atoms with van der Waals surface area (Å²) in [7, 11) is 0. The van der Waals surface area contributed by atoms with E-state index in [1.165, 1.54) is 30.3 Å². The van der Waals surface area contributed by atoms with Gasteiger partial charge < -0.3 is 10.4 Å². The van der Waals surface area contributed by atoms with Gasteiger partial charge in [-0.05, 0) is 31.2 Å². The molecule has 0 heterocycles. The van der Waals surface area contributed by atoms with E-state index in [9.17, 15) is 20.0 Å². The Balaban J connectivity index is 2.19. The first-order chi connectivity index (χ1) is 9.47. The number of rotatable bonds is 3. The summed E-state index contributed by atoms with van der Waals surface area (Å²) in [6.07, 6.45) is 0. The lowest BCUT2D eigenvalue weighted by atomic mass is 10.1. The molecule has 2 rings (SSSR count). The van der Waals surface area contributed by atoms with Gasteiger partial charge in [-0.1, -0.05) is 11.6 Å². The number of nitrogens with zero attached hydrogens (tertiary/aromatic N) is 1. The second-order valence-electron chi connectivity index (χ2n) is 4.28. The van der Waals surface area contributed by atoms with Crippen LogP contribution in [0.3, 0.4) is 0 Å². The van der Waals surface area contributed by atoms with E-state index >= 15 is 0 Å². The van der Waals surface area contributed by atoms with Gasteiger partial charge in [-0.25, -0.2) is 0 Å². The molecule has 2 aromatic carbocycles. The molecule has 0 aliphatic carbocycles. The number of amides is 1. The highest BCUT2D eigenvalue weighted by molar-refractivity contribution is 6.06. The lowest BCUT2D eigenvalue weighted by Crippen LogP contribution is -2.12. The number of anilines is 1. The summed E-state index contributed by atoms with van der Waals surface area (Å²) < 4.78 is 0. The molecule has 1 amide bonds. The molecule has 2 N–H and O–H groups in total. The first-order valence-electron chi connectivity index (χ1n) is 5.83. The summed E-state index contributed by atoms with van der Waals surface area (Å²) in [4.78, 5) is 22.0. The lowest BCUT2D eigenvalue weighted by molar-refractivity contribution is -0.384. The topological polar surface area (TPSA) is 92.5 Å². The quantitative estimate of drug-likeness (QED) is 0.663. The van der Waals surface area contributed by atoms with Crippen LogP contribution in [0.15, 0.2) is 42.5 Å². The molecule has 0 saturated carbocycles. The Morgan fingerprint density at radius 1 is 1.20 bits per heavy atom. The van der Waals surface area contributed by atoms with E-state index in [1.807, 2.05) is 6.92 Å². The number of carbonyl (C=O) groups excluding carboxylic acids is 1. The number of phenolic OH excluding ortho intramolecular Hbond substituents is 1. The molecule has 0 aromatic heterocycles. The lowest BCUT2D eigenvalue weighted by Gasteiger charge is -2.07. The number of nitro groups is 1. The first kappa shape index (κ1) is 13.5. The van der Waals surface area contributed by atoms with Gasteiger partial charge in [0, 0.05) is 17.8 Å². The molecule has 0 spiro atoms. The molecule has 20 heavy (non-hydrogen) atoms. The van der Waals surface area contributed by atoms with Crippen LogP contribution in [0.25, 0.3) is 0 Å². The molecule has 0 aliphatic heterocycles. The van der Waals surface area contributed by atoms with Crippen LogP contribution in [0.4, 0.5) is 11.4 Å². The molecule has 0 saturated heterocycles. The van der Waals surface area contributed by atoms with Crippen molar-refractivity contribution in [2.24, 2.45) is 0 Å². The average molecular weight is 272 g/mol. The van der Waals surface area contributed by atoms with E-state index in [2.05, 4.69) is 5.32 Å². The van der Waals surface area contributed by atoms with Crippen molar-refractivity contribution in [1.82, 2.24) is 0 Å². The zero-order chi connectivity index (χ0) is 14.7. The number of aryl methyl sites for hydroxylation is 1. The maximum atomic E-state index is 12.0. The molecule has 0 radical (unpaired) electrons. The van der Waals surface area contributed by atoms with Crippen LogP contribution in [0.2, 0.25) is 0 Å². The number of aromatic hydroxyl groups is 1. The van der Waals surface area contributed by atoms with E-state index in [0.29, 0.717) is 5.69 Å². The Morgan fingerprint density at radius 3 is 2.45 bits per heavy atom. The van der Waals surface area contributed by atoms with Gasteiger partial charge in [-0.2, -0.15) is 0 Å². The van der Waals surface area contributed by atoms with Gasteiger partial charge in [-0.15, -0.1) is 0 Å². The fraction of sp³-hybridized carbons (Fsp3) is 0.0714. The van der Waals surface area contributed by atoms with Gasteiger partial charge >= 0.3 is 0 Å². The number of benzene rings is 2. The van der Waals surface area contributed by atoms with Crippen LogP contribution in [0.1, 0.15) is 15.9 Å². The summed E-state index contributed by atoms with van der Waals surface area (Å²) in [6.45, 7) is 1.81. The number of hydrogen-bond acceptors (Lipinski definition) is 4. The van der Waals surface area contributed by atoms with E-state index in [-0.39, 0.29) is 17.0 Å². The zero-order valence-electron chi connectivity index (χ0n) is 10.7. The van der Waals surface area contributed by atoms with Crippen molar-refractivity contribution in [3.05, 3.63) is 63.7 Å². The predicted molar refractivity (Wildman–Crippen MR) is 73.9 cm³/mol. The summed E-state index contributed by atoms with van der Waals surface area (Å²) in [5.74, 6) is -0.588. The van der Waals surface area contributed by atoms with Crippen molar-refractivity contribution in [1.29, 1.82) is 0 Å². The SMILES string of the molecule is Cc1ccc(O)c(C(=O)Nc2ccc([N+](=O)[O-])cc2)c1. The summed E-state index contributed by atoms with van der Waals surface area (Å²) in [5.41, 5.74) is 1.36. The molecular weight excluding hydrogens is 260 g/mol. The first-order valence-corrected chi connectivity index (χ1v) is 5.83. The third-order valence-corrected chi connectivity index (χ3v) is 2.73. The van der Waals surface area contributed by atoms with Crippen LogP contribution in [0, 0.1) is 17.0 Å². The second-order valence-corrected chi connectivity index (χ2v) is 4.28. The molecule has 102 valence electrons. The van der Waals surface area contributed by atoms with Gasteiger partial charge in [0.05, 0.1) is 10.5 Å². The predicted octanol–water partition coefficient (Wildman–Crippen LogP) is 2.86. The van der Waals surface area contributed by atoms with E-state index in [4.69, 9.17) is 0 Å². The third kappa shape index (κ3) is 2.92. The van der Waals surface area contributed by atoms with Crippen LogP contribution >= 0.6 is 0 Å². The third-order valence-electron chi connectivity index (χ3n) is 2.73. The smallest absolute Gasteiger partial charge is 0.269 e. The summed E-state index contributed by atoms with van der Waals surface area (Å²) in [6, 6.07) is 10.2. The number of phenols is 1. The maximum absolute atomic E-state index is 12.0. The van der Waals surface area contributed by atoms with Gasteiger partial charge in [0.15, 0.2) is 0 Å². The fourth-order valence-electron chi connectivity index (χ4n) is 1.70. The highest BCUT2D eigenvalue weighted by atomic mass is 16.6. The molecular formula is C14H12N2O4. The largest absolute Gasteiger partial charge is 0.507 e. The Morgan fingerprint density at radius 2 is 1.85 bits per heavy atom. The number of nitrogens with one attached hydrogen (secondary N) is 1. The Bertz CT molecular complexity index is 665. The Hall–Kier alpha value is -2.89. The van der Waals surface area contributed by atoms with Crippen LogP contribution < -0.4 is 5.32 Å². The minimum Gasteiger partial charge on any atom is -0.507 e. The van der Waals surface area contributed by atoms with Gasteiger partial charge in [0.2, 0.25) is 0 Å². The van der Waals surface area contributed by atoms with Crippen molar-refractivity contribution in [3.8, 4) is 5.75 Å². The normalized spacial score (nSPS) is 10.1. The Labute approximate surface area is 114 Å². The van der Waals surface area contributed by atoms with Crippen LogP contribution in [-0.4, -0.2) is 15.9 Å². The standard InChI is InChI=1S/C14H12N2O4/c1-9-2-7-13(17)12(8-9)14(18)15-10-3-5-11(6-4-10)16(19)20/h2-8,17H,1H3,(H,15,18). The van der Waals surface area contributed by atoms with Gasteiger partial charge in [-0.3, -0.25) is 14.9 Å². The Kier molecular flexibility index (Phi) is 3.65. The molecule has 0 aliphatic rings. The van der Waals surface area contributed by atoms with Crippen molar-refractivity contribution in [3.63, 3.8) is 0 Å². The minimum absolute atomic E-state index is 0.0543. The molecule has 6 nitrogen and oxygen atoms in total. The monoisotopic (exact) mass is 272 g/mol. The number of hydrogen-bond donors (Lipinski definition) is 2. The molecule has 6 heteroatoms. The molecule has 0 bridgehead atoms. The minimum atomic E-state index is -0.516. The van der Waals surface area contributed by atoms with Crippen LogP contribution in [0.5, 0.6) is 5.75 Å². The number of non-ortho nitro benzene ring substituents is 1. The van der Waals surface area contributed by atoms with Crippen molar-refractivity contribution < 1.29 is 14.8 Å². The zero-order valence-corrected chi connectivity index (χ0v) is 10.7. The molecule has 0 fully saturated rings. The summed E-state index contributed by atoms with van der Waals surface area (Å²) >= 11 is 0. The van der Waals surface area contributed by atoms with Gasteiger partial charge in [0.1, 0.15) is 5.75 Å². The highest BCUT2D eigenvalue weighted by Crippen LogP contribution is 2.21. The van der Waals surface area contributed by atoms with E-state index in [0.717, 1.165) is 5.56 Å². The molecule has 0 atom stereocenters.